The normalized spacial score (nSPS) is 14.0. The molecule has 0 fully saturated rings. The van der Waals surface area contributed by atoms with Gasteiger partial charge in [0.1, 0.15) is 11.5 Å². The lowest BCUT2D eigenvalue weighted by molar-refractivity contribution is 0.253. The smallest absolute Gasteiger partial charge is 0.135 e. The molecule has 2 nitrogen and oxygen atoms in total. The number of benzene rings is 3. The van der Waals surface area contributed by atoms with Crippen molar-refractivity contribution >= 4 is 21.5 Å². The van der Waals surface area contributed by atoms with Gasteiger partial charge in [0.2, 0.25) is 0 Å². The van der Waals surface area contributed by atoms with Crippen LogP contribution in [-0.2, 0) is 5.41 Å². The van der Waals surface area contributed by atoms with E-state index in [1.807, 2.05) is 0 Å². The molecule has 0 N–H and O–H groups in total. The van der Waals surface area contributed by atoms with E-state index >= 15 is 0 Å². The van der Waals surface area contributed by atoms with Crippen molar-refractivity contribution in [3.63, 3.8) is 0 Å². The quantitative estimate of drug-likeness (QED) is 0.296. The maximum absolute atomic E-state index is 6.58. The highest BCUT2D eigenvalue weighted by Gasteiger charge is 2.21. The Balaban J connectivity index is 2.18. The Bertz CT molecular complexity index is 1030. The Morgan fingerprint density at radius 1 is 0.688 bits per heavy atom. The zero-order valence-corrected chi connectivity index (χ0v) is 21.3. The summed E-state index contributed by atoms with van der Waals surface area (Å²) in [6.45, 7) is 17.3. The van der Waals surface area contributed by atoms with Crippen LogP contribution in [0.4, 0.5) is 0 Å². The van der Waals surface area contributed by atoms with Crippen molar-refractivity contribution in [1.82, 2.24) is 0 Å². The lowest BCUT2D eigenvalue weighted by Gasteiger charge is -2.23. The van der Waals surface area contributed by atoms with Crippen molar-refractivity contribution in [3.05, 3.63) is 48.0 Å². The molecule has 174 valence electrons. The molecule has 3 rings (SSSR count). The van der Waals surface area contributed by atoms with Gasteiger partial charge in [-0.3, -0.25) is 0 Å². The second-order valence-corrected chi connectivity index (χ2v) is 10.6. The van der Waals surface area contributed by atoms with Gasteiger partial charge >= 0.3 is 0 Å². The van der Waals surface area contributed by atoms with E-state index in [0.29, 0.717) is 11.8 Å². The highest BCUT2D eigenvalue weighted by atomic mass is 16.5. The molecular formula is C30H42O2. The Morgan fingerprint density at radius 3 is 1.62 bits per heavy atom. The summed E-state index contributed by atoms with van der Waals surface area (Å²) in [6, 6.07) is 15.4. The van der Waals surface area contributed by atoms with Crippen LogP contribution in [0.15, 0.2) is 42.5 Å². The van der Waals surface area contributed by atoms with Crippen LogP contribution < -0.4 is 9.47 Å². The van der Waals surface area contributed by atoms with Crippen LogP contribution in [0.25, 0.3) is 21.5 Å². The maximum atomic E-state index is 6.58. The fourth-order valence-corrected chi connectivity index (χ4v) is 4.48. The molecule has 0 aliphatic carbocycles. The Hall–Kier alpha value is -2.22. The summed E-state index contributed by atoms with van der Waals surface area (Å²) in [5.74, 6) is 3.06. The van der Waals surface area contributed by atoms with Gasteiger partial charge in [-0.05, 0) is 41.7 Å². The van der Waals surface area contributed by atoms with Crippen molar-refractivity contribution in [2.45, 2.75) is 79.6 Å². The predicted octanol–water partition coefficient (Wildman–Crippen LogP) is 8.92. The van der Waals surface area contributed by atoms with Gasteiger partial charge in [0.05, 0.1) is 13.2 Å². The molecule has 3 aromatic rings. The second kappa shape index (κ2) is 10.6. The standard InChI is InChI=1S/C30H42O2/c1-8-12-21(3)19-31-28-24-14-10-11-15-25(24)29(32-20-22(4)13-9-2)27-18-23(30(5,6)7)16-17-26(27)28/h10-11,14-18,21-22H,8-9,12-13,19-20H2,1-7H3. The van der Waals surface area contributed by atoms with E-state index < -0.39 is 0 Å². The van der Waals surface area contributed by atoms with Gasteiger partial charge in [-0.25, -0.2) is 0 Å². The molecule has 0 amide bonds. The first-order valence-electron chi connectivity index (χ1n) is 12.5. The minimum Gasteiger partial charge on any atom is -0.492 e. The maximum Gasteiger partial charge on any atom is 0.135 e. The zero-order chi connectivity index (χ0) is 23.3. The molecule has 2 atom stereocenters. The number of hydrogen-bond donors (Lipinski definition) is 0. The molecule has 3 aromatic carbocycles. The van der Waals surface area contributed by atoms with Crippen LogP contribution in [0.2, 0.25) is 0 Å². The van der Waals surface area contributed by atoms with Gasteiger partial charge in [0.25, 0.3) is 0 Å². The largest absolute Gasteiger partial charge is 0.492 e. The molecule has 0 aliphatic rings. The average molecular weight is 435 g/mol. The summed E-state index contributed by atoms with van der Waals surface area (Å²) in [6.07, 6.45) is 4.73. The van der Waals surface area contributed by atoms with Crippen molar-refractivity contribution in [2.24, 2.45) is 11.8 Å². The molecule has 0 saturated carbocycles. The van der Waals surface area contributed by atoms with E-state index in [-0.39, 0.29) is 5.41 Å². The van der Waals surface area contributed by atoms with Crippen LogP contribution >= 0.6 is 0 Å². The molecule has 2 unspecified atom stereocenters. The molecular weight excluding hydrogens is 392 g/mol. The predicted molar refractivity (Wildman–Crippen MR) is 139 cm³/mol. The van der Waals surface area contributed by atoms with Gasteiger partial charge in [-0.15, -0.1) is 0 Å². The fourth-order valence-electron chi connectivity index (χ4n) is 4.48. The third kappa shape index (κ3) is 5.57. The fraction of sp³-hybridized carbons (Fsp3) is 0.533. The minimum absolute atomic E-state index is 0.0727. The van der Waals surface area contributed by atoms with Crippen molar-refractivity contribution in [3.8, 4) is 11.5 Å². The lowest BCUT2D eigenvalue weighted by atomic mass is 9.85. The van der Waals surface area contributed by atoms with E-state index in [9.17, 15) is 0 Å². The highest BCUT2D eigenvalue weighted by molar-refractivity contribution is 6.11. The molecule has 0 radical (unpaired) electrons. The van der Waals surface area contributed by atoms with Crippen LogP contribution in [0, 0.1) is 11.8 Å². The third-order valence-electron chi connectivity index (χ3n) is 6.38. The van der Waals surface area contributed by atoms with Gasteiger partial charge in [-0.1, -0.05) is 97.7 Å². The molecule has 32 heavy (non-hydrogen) atoms. The first-order valence-corrected chi connectivity index (χ1v) is 12.5. The van der Waals surface area contributed by atoms with E-state index in [0.717, 1.165) is 46.3 Å². The summed E-state index contributed by atoms with van der Waals surface area (Å²) in [5, 5.41) is 4.61. The van der Waals surface area contributed by atoms with E-state index in [1.165, 1.54) is 31.2 Å². The average Bonchev–Trinajstić information content (AvgIpc) is 2.75. The van der Waals surface area contributed by atoms with Gasteiger partial charge < -0.3 is 9.47 Å². The van der Waals surface area contributed by atoms with Gasteiger partial charge in [-0.2, -0.15) is 0 Å². The number of fused-ring (bicyclic) bond motifs is 2. The summed E-state index contributed by atoms with van der Waals surface area (Å²) >= 11 is 0. The summed E-state index contributed by atoms with van der Waals surface area (Å²) in [7, 11) is 0. The topological polar surface area (TPSA) is 18.5 Å². The summed E-state index contributed by atoms with van der Waals surface area (Å²) < 4.78 is 13.1. The lowest BCUT2D eigenvalue weighted by Crippen LogP contribution is -2.12. The van der Waals surface area contributed by atoms with Crippen LogP contribution in [0.3, 0.4) is 0 Å². The summed E-state index contributed by atoms with van der Waals surface area (Å²) in [5.41, 5.74) is 1.39. The van der Waals surface area contributed by atoms with Crippen LogP contribution in [-0.4, -0.2) is 13.2 Å². The Morgan fingerprint density at radius 2 is 1.16 bits per heavy atom. The molecule has 0 bridgehead atoms. The number of rotatable bonds is 10. The molecule has 0 aliphatic heterocycles. The molecule has 2 heteroatoms. The Kier molecular flexibility index (Phi) is 8.09. The second-order valence-electron chi connectivity index (χ2n) is 10.6. The molecule has 0 heterocycles. The monoisotopic (exact) mass is 434 g/mol. The molecule has 0 spiro atoms. The highest BCUT2D eigenvalue weighted by Crippen LogP contribution is 2.44. The zero-order valence-electron chi connectivity index (χ0n) is 21.3. The van der Waals surface area contributed by atoms with Crippen molar-refractivity contribution < 1.29 is 9.47 Å². The number of ether oxygens (including phenoxy) is 2. The third-order valence-corrected chi connectivity index (χ3v) is 6.38. The van der Waals surface area contributed by atoms with Gasteiger partial charge in [0, 0.05) is 21.5 Å². The van der Waals surface area contributed by atoms with Crippen molar-refractivity contribution in [2.75, 3.05) is 13.2 Å². The summed E-state index contributed by atoms with van der Waals surface area (Å²) in [4.78, 5) is 0. The van der Waals surface area contributed by atoms with E-state index in [2.05, 4.69) is 90.9 Å². The van der Waals surface area contributed by atoms with Crippen LogP contribution in [0.5, 0.6) is 11.5 Å². The van der Waals surface area contributed by atoms with Crippen molar-refractivity contribution in [1.29, 1.82) is 0 Å². The molecule has 0 aromatic heterocycles. The number of hydrogen-bond acceptors (Lipinski definition) is 2. The van der Waals surface area contributed by atoms with Gasteiger partial charge in [0.15, 0.2) is 0 Å². The van der Waals surface area contributed by atoms with Crippen LogP contribution in [0.1, 0.15) is 79.7 Å². The minimum atomic E-state index is 0.0727. The Labute approximate surface area is 195 Å². The first-order chi connectivity index (χ1) is 15.3. The first kappa shape index (κ1) is 24.4. The van der Waals surface area contributed by atoms with E-state index in [4.69, 9.17) is 9.47 Å². The van der Waals surface area contributed by atoms with E-state index in [1.54, 1.807) is 0 Å². The molecule has 0 saturated heterocycles. The SMILES string of the molecule is CCCC(C)COc1c2ccccc2c(OCC(C)CCC)c2cc(C(C)(C)C)ccc12.